The molecular weight excluding hydrogens is 218 g/mol. The van der Waals surface area contributed by atoms with Gasteiger partial charge in [0, 0.05) is 17.7 Å². The smallest absolute Gasteiger partial charge is 0.137 e. The van der Waals surface area contributed by atoms with Gasteiger partial charge in [0.2, 0.25) is 0 Å². The first-order valence-corrected chi connectivity index (χ1v) is 6.08. The van der Waals surface area contributed by atoms with Gasteiger partial charge in [-0.25, -0.2) is 0 Å². The Hall–Kier alpha value is -1.13. The third-order valence-electron chi connectivity index (χ3n) is 3.06. The van der Waals surface area contributed by atoms with E-state index >= 15 is 0 Å². The molecule has 17 heavy (non-hydrogen) atoms. The van der Waals surface area contributed by atoms with E-state index in [1.807, 2.05) is 19.9 Å². The number of ether oxygens (including phenoxy) is 2. The molecule has 1 saturated heterocycles. The summed E-state index contributed by atoms with van der Waals surface area (Å²) < 4.78 is 10.8. The lowest BCUT2D eigenvalue weighted by atomic mass is 9.94. The molecule has 0 bridgehead atoms. The Morgan fingerprint density at radius 2 is 2.41 bits per heavy atom. The molecule has 1 aromatic heterocycles. The maximum absolute atomic E-state index is 10.3. The third-order valence-corrected chi connectivity index (χ3v) is 3.06. The van der Waals surface area contributed by atoms with Gasteiger partial charge in [0.15, 0.2) is 0 Å². The van der Waals surface area contributed by atoms with Crippen LogP contribution in [0.15, 0.2) is 18.5 Å². The van der Waals surface area contributed by atoms with Gasteiger partial charge in [-0.2, -0.15) is 0 Å². The highest BCUT2D eigenvalue weighted by Gasteiger charge is 2.29. The third kappa shape index (κ3) is 2.96. The van der Waals surface area contributed by atoms with Crippen LogP contribution < -0.4 is 4.74 Å². The monoisotopic (exact) mass is 237 g/mol. The first-order valence-electron chi connectivity index (χ1n) is 6.08. The van der Waals surface area contributed by atoms with E-state index in [1.54, 1.807) is 12.4 Å². The largest absolute Gasteiger partial charge is 0.492 e. The Labute approximate surface area is 102 Å². The number of aliphatic hydroxyl groups is 1. The van der Waals surface area contributed by atoms with Crippen LogP contribution in [0, 0.1) is 5.92 Å². The zero-order chi connectivity index (χ0) is 12.3. The van der Waals surface area contributed by atoms with Crippen LogP contribution in [0.4, 0.5) is 0 Å². The van der Waals surface area contributed by atoms with E-state index < -0.39 is 6.10 Å². The predicted octanol–water partition coefficient (Wildman–Crippen LogP) is 1.94. The fraction of sp³-hybridized carbons (Fsp3) is 0.615. The highest BCUT2D eigenvalue weighted by Crippen LogP contribution is 2.32. The lowest BCUT2D eigenvalue weighted by molar-refractivity contribution is 0.0800. The van der Waals surface area contributed by atoms with Gasteiger partial charge in [0.25, 0.3) is 0 Å². The maximum Gasteiger partial charge on any atom is 0.137 e. The summed E-state index contributed by atoms with van der Waals surface area (Å²) in [6.07, 6.45) is 3.95. The van der Waals surface area contributed by atoms with Crippen LogP contribution in [-0.2, 0) is 4.74 Å². The van der Waals surface area contributed by atoms with E-state index in [2.05, 4.69) is 4.98 Å². The zero-order valence-electron chi connectivity index (χ0n) is 10.3. The zero-order valence-corrected chi connectivity index (χ0v) is 10.3. The van der Waals surface area contributed by atoms with Crippen LogP contribution in [0.3, 0.4) is 0 Å². The fourth-order valence-electron chi connectivity index (χ4n) is 2.19. The topological polar surface area (TPSA) is 51.6 Å². The Balaban J connectivity index is 2.07. The van der Waals surface area contributed by atoms with Crippen LogP contribution in [0.25, 0.3) is 0 Å². The Morgan fingerprint density at radius 3 is 3.06 bits per heavy atom. The van der Waals surface area contributed by atoms with E-state index in [-0.39, 0.29) is 12.0 Å². The molecule has 0 aromatic carbocycles. The van der Waals surface area contributed by atoms with E-state index in [1.165, 1.54) is 0 Å². The van der Waals surface area contributed by atoms with Crippen LogP contribution >= 0.6 is 0 Å². The minimum absolute atomic E-state index is 0.156. The highest BCUT2D eigenvalue weighted by atomic mass is 16.5. The lowest BCUT2D eigenvalue weighted by Crippen LogP contribution is -2.13. The van der Waals surface area contributed by atoms with Crippen LogP contribution in [0.2, 0.25) is 0 Å². The standard InChI is InChI=1S/C13H19NO3/c1-3-16-12-5-10(6-14-7-12)13(15)11-4-9(2)17-8-11/h5-7,9,11,13,15H,3-4,8H2,1-2H3. The van der Waals surface area contributed by atoms with Crippen molar-refractivity contribution < 1.29 is 14.6 Å². The molecule has 4 nitrogen and oxygen atoms in total. The summed E-state index contributed by atoms with van der Waals surface area (Å²) in [5, 5.41) is 10.3. The van der Waals surface area contributed by atoms with Crippen molar-refractivity contribution in [3.63, 3.8) is 0 Å². The van der Waals surface area contributed by atoms with Crippen molar-refractivity contribution in [1.29, 1.82) is 0 Å². The molecule has 3 atom stereocenters. The average molecular weight is 237 g/mol. The van der Waals surface area contributed by atoms with Gasteiger partial charge in [0.1, 0.15) is 5.75 Å². The van der Waals surface area contributed by atoms with Gasteiger partial charge >= 0.3 is 0 Å². The number of hydrogen-bond acceptors (Lipinski definition) is 4. The minimum atomic E-state index is -0.521. The molecule has 2 rings (SSSR count). The normalized spacial score (nSPS) is 25.8. The fourth-order valence-corrected chi connectivity index (χ4v) is 2.19. The predicted molar refractivity (Wildman–Crippen MR) is 63.9 cm³/mol. The SMILES string of the molecule is CCOc1cncc(C(O)C2COC(C)C2)c1. The molecule has 1 aliphatic rings. The molecule has 1 N–H and O–H groups in total. The lowest BCUT2D eigenvalue weighted by Gasteiger charge is -2.17. The number of nitrogens with zero attached hydrogens (tertiary/aromatic N) is 1. The van der Waals surface area contributed by atoms with E-state index in [0.29, 0.717) is 19.0 Å². The molecule has 4 heteroatoms. The van der Waals surface area contributed by atoms with Crippen molar-refractivity contribution in [2.45, 2.75) is 32.5 Å². The van der Waals surface area contributed by atoms with Crippen molar-refractivity contribution in [3.05, 3.63) is 24.0 Å². The summed E-state index contributed by atoms with van der Waals surface area (Å²) in [6, 6.07) is 1.85. The second-order valence-corrected chi connectivity index (χ2v) is 4.47. The number of hydrogen-bond donors (Lipinski definition) is 1. The Bertz CT molecular complexity index is 369. The number of aromatic nitrogens is 1. The summed E-state index contributed by atoms with van der Waals surface area (Å²) >= 11 is 0. The molecule has 1 fully saturated rings. The minimum Gasteiger partial charge on any atom is -0.492 e. The number of pyridine rings is 1. The van der Waals surface area contributed by atoms with Crippen molar-refractivity contribution >= 4 is 0 Å². The van der Waals surface area contributed by atoms with Gasteiger partial charge < -0.3 is 14.6 Å². The summed E-state index contributed by atoms with van der Waals surface area (Å²) in [5.41, 5.74) is 0.804. The molecule has 2 heterocycles. The van der Waals surface area contributed by atoms with Crippen molar-refractivity contribution in [1.82, 2.24) is 4.98 Å². The first-order chi connectivity index (χ1) is 8.20. The van der Waals surface area contributed by atoms with Gasteiger partial charge in [-0.1, -0.05) is 0 Å². The molecule has 0 radical (unpaired) electrons. The molecule has 0 amide bonds. The maximum atomic E-state index is 10.3. The first kappa shape index (κ1) is 12.3. The molecular formula is C13H19NO3. The second kappa shape index (κ2) is 5.47. The summed E-state index contributed by atoms with van der Waals surface area (Å²) in [6.45, 7) is 5.17. The molecule has 1 aliphatic heterocycles. The van der Waals surface area contributed by atoms with Gasteiger partial charge in [0.05, 0.1) is 31.6 Å². The molecule has 94 valence electrons. The van der Waals surface area contributed by atoms with Crippen LogP contribution in [0.5, 0.6) is 5.75 Å². The van der Waals surface area contributed by atoms with Crippen molar-refractivity contribution in [2.24, 2.45) is 5.92 Å². The average Bonchev–Trinajstić information content (AvgIpc) is 2.76. The van der Waals surface area contributed by atoms with E-state index in [4.69, 9.17) is 9.47 Å². The van der Waals surface area contributed by atoms with Gasteiger partial charge in [-0.05, 0) is 26.3 Å². The molecule has 1 aromatic rings. The van der Waals surface area contributed by atoms with Crippen molar-refractivity contribution in [3.8, 4) is 5.75 Å². The summed E-state index contributed by atoms with van der Waals surface area (Å²) in [7, 11) is 0. The second-order valence-electron chi connectivity index (χ2n) is 4.47. The highest BCUT2D eigenvalue weighted by molar-refractivity contribution is 5.25. The summed E-state index contributed by atoms with van der Waals surface area (Å²) in [4.78, 5) is 4.09. The molecule has 0 spiro atoms. The van der Waals surface area contributed by atoms with Gasteiger partial charge in [-0.15, -0.1) is 0 Å². The van der Waals surface area contributed by atoms with Crippen LogP contribution in [-0.4, -0.2) is 29.4 Å². The summed E-state index contributed by atoms with van der Waals surface area (Å²) in [5.74, 6) is 0.861. The van der Waals surface area contributed by atoms with E-state index in [9.17, 15) is 5.11 Å². The quantitative estimate of drug-likeness (QED) is 0.869. The molecule has 0 saturated carbocycles. The van der Waals surface area contributed by atoms with Crippen LogP contribution in [0.1, 0.15) is 31.9 Å². The Kier molecular flexibility index (Phi) is 3.97. The molecule has 3 unspecified atom stereocenters. The van der Waals surface area contributed by atoms with Gasteiger partial charge in [-0.3, -0.25) is 4.98 Å². The molecule has 0 aliphatic carbocycles. The van der Waals surface area contributed by atoms with Crippen molar-refractivity contribution in [2.75, 3.05) is 13.2 Å². The number of aliphatic hydroxyl groups excluding tert-OH is 1. The number of rotatable bonds is 4. The Morgan fingerprint density at radius 1 is 1.59 bits per heavy atom. The van der Waals surface area contributed by atoms with E-state index in [0.717, 1.165) is 12.0 Å².